The van der Waals surface area contributed by atoms with Crippen LogP contribution in [-0.4, -0.2) is 73.5 Å². The van der Waals surface area contributed by atoms with Crippen LogP contribution in [0.5, 0.6) is 0 Å². The van der Waals surface area contributed by atoms with Gasteiger partial charge < -0.3 is 25.3 Å². The Balaban J connectivity index is 1.01. The maximum absolute atomic E-state index is 14.1. The first-order chi connectivity index (χ1) is 22.5. The molecule has 0 radical (unpaired) electrons. The molecule has 3 aromatic carbocycles. The van der Waals surface area contributed by atoms with Gasteiger partial charge in [0.15, 0.2) is 0 Å². The minimum atomic E-state index is -0.632. The Morgan fingerprint density at radius 3 is 2.46 bits per heavy atom. The highest BCUT2D eigenvalue weighted by atomic mass is 35.5. The lowest BCUT2D eigenvalue weighted by atomic mass is 9.82. The average molecular weight is 640 g/mol. The van der Waals surface area contributed by atoms with Gasteiger partial charge in [-0.05, 0) is 97.1 Å². The second kappa shape index (κ2) is 14.2. The molecule has 3 heterocycles. The molecule has 3 aromatic rings. The molecule has 0 bridgehead atoms. The van der Waals surface area contributed by atoms with Gasteiger partial charge in [0.05, 0.1) is 0 Å². The van der Waals surface area contributed by atoms with E-state index in [1.807, 2.05) is 41.3 Å². The zero-order chi connectivity index (χ0) is 31.5. The van der Waals surface area contributed by atoms with E-state index in [1.54, 1.807) is 0 Å². The van der Waals surface area contributed by atoms with Crippen LogP contribution in [-0.2, 0) is 35.4 Å². The summed E-state index contributed by atoms with van der Waals surface area (Å²) in [5, 5.41) is 7.25. The molecule has 242 valence electrons. The summed E-state index contributed by atoms with van der Waals surface area (Å²) in [6.45, 7) is 7.37. The summed E-state index contributed by atoms with van der Waals surface area (Å²) in [5.41, 5.74) is 7.75. The molecule has 0 spiro atoms. The second-order valence-electron chi connectivity index (χ2n) is 13.6. The van der Waals surface area contributed by atoms with Crippen molar-refractivity contribution in [3.05, 3.63) is 99.6 Å². The summed E-state index contributed by atoms with van der Waals surface area (Å²) in [7, 11) is 0. The Morgan fingerprint density at radius 2 is 1.65 bits per heavy atom. The highest BCUT2D eigenvalue weighted by molar-refractivity contribution is 6.30. The molecule has 2 N–H and O–H groups in total. The number of rotatable bonds is 9. The van der Waals surface area contributed by atoms with Crippen molar-refractivity contribution in [1.82, 2.24) is 20.4 Å². The molecule has 7 nitrogen and oxygen atoms in total. The van der Waals surface area contributed by atoms with Crippen LogP contribution in [0.2, 0.25) is 5.02 Å². The van der Waals surface area contributed by atoms with Gasteiger partial charge in [0, 0.05) is 68.9 Å². The van der Waals surface area contributed by atoms with Crippen LogP contribution in [0.15, 0.2) is 66.7 Å². The Labute approximate surface area is 278 Å². The van der Waals surface area contributed by atoms with Gasteiger partial charge in [0.1, 0.15) is 6.04 Å². The number of aryl methyl sites for hydroxylation is 1. The summed E-state index contributed by atoms with van der Waals surface area (Å²) in [4.78, 5) is 34.6. The maximum atomic E-state index is 14.1. The van der Waals surface area contributed by atoms with E-state index in [0.29, 0.717) is 31.0 Å². The van der Waals surface area contributed by atoms with Crippen LogP contribution in [0.1, 0.15) is 59.5 Å². The number of fused-ring (bicyclic) bond motifs is 2. The van der Waals surface area contributed by atoms with Crippen LogP contribution in [0.3, 0.4) is 0 Å². The summed E-state index contributed by atoms with van der Waals surface area (Å²) < 4.78 is 0. The molecule has 2 unspecified atom stereocenters. The first-order valence-electron chi connectivity index (χ1n) is 17.2. The first kappa shape index (κ1) is 31.2. The van der Waals surface area contributed by atoms with Gasteiger partial charge in [0.2, 0.25) is 11.8 Å². The molecule has 0 saturated carbocycles. The monoisotopic (exact) mass is 639 g/mol. The number of carbonyl (C=O) groups is 2. The number of likely N-dealkylation sites (tertiary alicyclic amines) is 1. The number of nitrogens with one attached hydrogen (secondary N) is 2. The third-order valence-corrected chi connectivity index (χ3v) is 10.8. The van der Waals surface area contributed by atoms with Crippen LogP contribution >= 0.6 is 11.6 Å². The molecule has 2 fully saturated rings. The third-order valence-electron chi connectivity index (χ3n) is 10.6. The lowest BCUT2D eigenvalue weighted by molar-refractivity contribution is -0.136. The number of nitrogens with zero attached hydrogens (tertiary/aromatic N) is 3. The predicted octanol–water partition coefficient (Wildman–Crippen LogP) is 5.15. The van der Waals surface area contributed by atoms with Gasteiger partial charge in [-0.25, -0.2) is 0 Å². The first-order valence-corrected chi connectivity index (χ1v) is 17.6. The normalized spacial score (nSPS) is 21.9. The van der Waals surface area contributed by atoms with Gasteiger partial charge in [-0.15, -0.1) is 0 Å². The van der Waals surface area contributed by atoms with E-state index in [2.05, 4.69) is 50.8 Å². The van der Waals surface area contributed by atoms with Crippen molar-refractivity contribution in [3.8, 4) is 0 Å². The molecular weight excluding hydrogens is 594 g/mol. The molecular formula is C38H46ClN5O2. The van der Waals surface area contributed by atoms with Crippen LogP contribution in [0.25, 0.3) is 0 Å². The minimum Gasteiger partial charge on any atom is -0.368 e. The molecule has 4 aliphatic rings. The Bertz CT molecular complexity index is 1530. The van der Waals surface area contributed by atoms with Gasteiger partial charge >= 0.3 is 0 Å². The summed E-state index contributed by atoms with van der Waals surface area (Å²) in [5.74, 6) is 0.600. The van der Waals surface area contributed by atoms with Gasteiger partial charge in [-0.1, -0.05) is 60.1 Å². The SMILES string of the molecule is O=C(CC1NCc2ccccc21)N[C@H](Cc1ccc(Cl)cc1)C(=O)N1CCN(c2cccc3c2CC(CN2CCCC2)CC3)CC1. The molecule has 3 aliphatic heterocycles. The minimum absolute atomic E-state index is 0.0106. The van der Waals surface area contributed by atoms with E-state index in [1.165, 1.54) is 66.8 Å². The van der Waals surface area contributed by atoms with E-state index in [0.717, 1.165) is 44.0 Å². The zero-order valence-electron chi connectivity index (χ0n) is 26.7. The maximum Gasteiger partial charge on any atom is 0.245 e. The number of hydrogen-bond donors (Lipinski definition) is 2. The molecule has 2 amide bonds. The number of halogens is 1. The number of carbonyl (C=O) groups excluding carboxylic acids is 2. The van der Waals surface area contributed by atoms with Crippen molar-refractivity contribution in [3.63, 3.8) is 0 Å². The predicted molar refractivity (Wildman–Crippen MR) is 184 cm³/mol. The van der Waals surface area contributed by atoms with Crippen molar-refractivity contribution in [2.45, 2.75) is 63.6 Å². The summed E-state index contributed by atoms with van der Waals surface area (Å²) in [6, 6.07) is 21.9. The average Bonchev–Trinajstić information content (AvgIpc) is 3.75. The van der Waals surface area contributed by atoms with Crippen molar-refractivity contribution in [2.24, 2.45) is 5.92 Å². The largest absolute Gasteiger partial charge is 0.368 e. The fourth-order valence-electron chi connectivity index (χ4n) is 8.07. The second-order valence-corrected chi connectivity index (χ2v) is 14.1. The fraction of sp³-hybridized carbons (Fsp3) is 0.474. The molecule has 1 aliphatic carbocycles. The molecule has 46 heavy (non-hydrogen) atoms. The highest BCUT2D eigenvalue weighted by Gasteiger charge is 2.32. The van der Waals surface area contributed by atoms with Gasteiger partial charge in [0.25, 0.3) is 0 Å². The summed E-state index contributed by atoms with van der Waals surface area (Å²) in [6.07, 6.45) is 7.00. The van der Waals surface area contributed by atoms with E-state index in [-0.39, 0.29) is 17.9 Å². The van der Waals surface area contributed by atoms with Gasteiger partial charge in [-0.3, -0.25) is 9.59 Å². The standard InChI is InChI=1S/C38H46ClN5O2/c39-31-14-11-27(12-15-31)23-35(41-37(45)24-34-32-8-2-1-6-30(32)25-40-34)38(46)44-20-18-43(19-21-44)36-9-5-7-29-13-10-28(22-33(29)36)26-42-16-3-4-17-42/h1-2,5-9,11-12,14-15,28,34-35,40H,3-4,10,13,16-26H2,(H,41,45)/t28?,34?,35-/m1/s1. The number of piperazine rings is 1. The van der Waals surface area contributed by atoms with Crippen LogP contribution in [0, 0.1) is 5.92 Å². The number of hydrogen-bond acceptors (Lipinski definition) is 5. The highest BCUT2D eigenvalue weighted by Crippen LogP contribution is 2.34. The topological polar surface area (TPSA) is 67.9 Å². The van der Waals surface area contributed by atoms with Crippen LogP contribution in [0.4, 0.5) is 5.69 Å². The van der Waals surface area contributed by atoms with Crippen molar-refractivity contribution in [2.75, 3.05) is 50.7 Å². The Kier molecular flexibility index (Phi) is 9.61. The lowest BCUT2D eigenvalue weighted by Gasteiger charge is -2.40. The molecule has 2 saturated heterocycles. The van der Waals surface area contributed by atoms with Crippen LogP contribution < -0.4 is 15.5 Å². The van der Waals surface area contributed by atoms with E-state index >= 15 is 0 Å². The number of benzene rings is 3. The van der Waals surface area contributed by atoms with Crippen molar-refractivity contribution in [1.29, 1.82) is 0 Å². The zero-order valence-corrected chi connectivity index (χ0v) is 27.5. The number of anilines is 1. The van der Waals surface area contributed by atoms with Gasteiger partial charge in [-0.2, -0.15) is 0 Å². The Morgan fingerprint density at radius 1 is 0.891 bits per heavy atom. The van der Waals surface area contributed by atoms with Crippen molar-refractivity contribution < 1.29 is 9.59 Å². The third kappa shape index (κ3) is 7.12. The fourth-order valence-corrected chi connectivity index (χ4v) is 8.19. The Hall–Kier alpha value is -3.39. The molecule has 8 heteroatoms. The quantitative estimate of drug-likeness (QED) is 0.339. The lowest BCUT2D eigenvalue weighted by Crippen LogP contribution is -2.56. The van der Waals surface area contributed by atoms with E-state index in [9.17, 15) is 9.59 Å². The van der Waals surface area contributed by atoms with Crippen molar-refractivity contribution >= 4 is 29.1 Å². The smallest absolute Gasteiger partial charge is 0.245 e. The van der Waals surface area contributed by atoms with E-state index in [4.69, 9.17) is 11.6 Å². The molecule has 0 aromatic heterocycles. The molecule has 7 rings (SSSR count). The summed E-state index contributed by atoms with van der Waals surface area (Å²) >= 11 is 6.15. The number of amides is 2. The van der Waals surface area contributed by atoms with E-state index < -0.39 is 6.04 Å². The molecule has 3 atom stereocenters.